The average Bonchev–Trinajstić information content (AvgIpc) is 1.83. The van der Waals surface area contributed by atoms with Gasteiger partial charge >= 0.3 is 0 Å². The summed E-state index contributed by atoms with van der Waals surface area (Å²) in [6.07, 6.45) is 4.93. The van der Waals surface area contributed by atoms with Crippen molar-refractivity contribution >= 4 is 0 Å². The summed E-state index contributed by atoms with van der Waals surface area (Å²) in [6.45, 7) is 6.89. The number of allylic oxidation sites excluding steroid dienone is 5. The van der Waals surface area contributed by atoms with Crippen LogP contribution < -0.4 is 0 Å². The van der Waals surface area contributed by atoms with Crippen LogP contribution in [-0.2, 0) is 0 Å². The van der Waals surface area contributed by atoms with Gasteiger partial charge in [0.05, 0.1) is 0 Å². The van der Waals surface area contributed by atoms with Gasteiger partial charge in [-0.3, -0.25) is 0 Å². The third kappa shape index (κ3) is 5.01. The molecule has 0 aromatic heterocycles. The molecular formula is C8H11F. The van der Waals surface area contributed by atoms with Crippen molar-refractivity contribution in [3.63, 3.8) is 0 Å². The van der Waals surface area contributed by atoms with Crippen molar-refractivity contribution < 1.29 is 4.39 Å². The number of hydrogen-bond donors (Lipinski definition) is 0. The van der Waals surface area contributed by atoms with Crippen molar-refractivity contribution in [2.45, 2.75) is 13.8 Å². The van der Waals surface area contributed by atoms with Gasteiger partial charge in [0.2, 0.25) is 0 Å². The average molecular weight is 126 g/mol. The minimum atomic E-state index is -0.406. The lowest BCUT2D eigenvalue weighted by molar-refractivity contribution is 0.671. The lowest BCUT2D eigenvalue weighted by atomic mass is 10.2. The van der Waals surface area contributed by atoms with Gasteiger partial charge in [0, 0.05) is 0 Å². The van der Waals surface area contributed by atoms with E-state index in [4.69, 9.17) is 0 Å². The van der Waals surface area contributed by atoms with E-state index < -0.39 is 5.83 Å². The lowest BCUT2D eigenvalue weighted by Gasteiger charge is -1.84. The molecule has 0 saturated heterocycles. The van der Waals surface area contributed by atoms with Gasteiger partial charge in [0.1, 0.15) is 5.83 Å². The van der Waals surface area contributed by atoms with Crippen LogP contribution in [0.2, 0.25) is 0 Å². The van der Waals surface area contributed by atoms with Crippen molar-refractivity contribution in [1.82, 2.24) is 0 Å². The molecule has 0 unspecified atom stereocenters. The molecule has 0 aliphatic rings. The van der Waals surface area contributed by atoms with Crippen LogP contribution in [0, 0.1) is 0 Å². The quantitative estimate of drug-likeness (QED) is 0.499. The fourth-order valence-electron chi connectivity index (χ4n) is 0.318. The van der Waals surface area contributed by atoms with E-state index in [0.29, 0.717) is 0 Å². The van der Waals surface area contributed by atoms with Crippen molar-refractivity contribution in [2.75, 3.05) is 0 Å². The maximum atomic E-state index is 11.9. The Morgan fingerprint density at radius 1 is 1.44 bits per heavy atom. The highest BCUT2D eigenvalue weighted by Gasteiger charge is 1.78. The van der Waals surface area contributed by atoms with Gasteiger partial charge in [-0.2, -0.15) is 0 Å². The Hall–Kier alpha value is -0.850. The van der Waals surface area contributed by atoms with Crippen molar-refractivity contribution in [2.24, 2.45) is 0 Å². The van der Waals surface area contributed by atoms with Crippen LogP contribution in [0.15, 0.2) is 36.2 Å². The first kappa shape index (κ1) is 8.15. The standard InChI is InChI=1S/C8H11F/c1-4-7(2)5-6-8(3)9/h4-6H,3H2,1-2H3/b6-5-,7-4-. The third-order valence-electron chi connectivity index (χ3n) is 0.982. The molecule has 0 bridgehead atoms. The van der Waals surface area contributed by atoms with E-state index in [9.17, 15) is 4.39 Å². The molecule has 50 valence electrons. The van der Waals surface area contributed by atoms with Crippen LogP contribution in [0.5, 0.6) is 0 Å². The second kappa shape index (κ2) is 4.07. The molecule has 0 N–H and O–H groups in total. The summed E-state index contributed by atoms with van der Waals surface area (Å²) in [5, 5.41) is 0. The monoisotopic (exact) mass is 126 g/mol. The van der Waals surface area contributed by atoms with Crippen LogP contribution in [0.1, 0.15) is 13.8 Å². The van der Waals surface area contributed by atoms with E-state index >= 15 is 0 Å². The Morgan fingerprint density at radius 3 is 2.33 bits per heavy atom. The number of halogens is 1. The zero-order valence-corrected chi connectivity index (χ0v) is 5.82. The smallest absolute Gasteiger partial charge is 0.116 e. The molecule has 0 aliphatic heterocycles. The summed E-state index contributed by atoms with van der Waals surface area (Å²) in [5.74, 6) is -0.406. The molecular weight excluding hydrogens is 115 g/mol. The van der Waals surface area contributed by atoms with Gasteiger partial charge in [-0.1, -0.05) is 24.3 Å². The fourth-order valence-corrected chi connectivity index (χ4v) is 0.318. The van der Waals surface area contributed by atoms with Gasteiger partial charge in [-0.25, -0.2) is 4.39 Å². The van der Waals surface area contributed by atoms with E-state index in [-0.39, 0.29) is 0 Å². The molecule has 0 aromatic carbocycles. The van der Waals surface area contributed by atoms with Crippen molar-refractivity contribution in [3.8, 4) is 0 Å². The third-order valence-corrected chi connectivity index (χ3v) is 0.982. The van der Waals surface area contributed by atoms with Gasteiger partial charge in [-0.05, 0) is 19.9 Å². The first-order valence-corrected chi connectivity index (χ1v) is 2.82. The molecule has 1 heteroatoms. The summed E-state index contributed by atoms with van der Waals surface area (Å²) in [4.78, 5) is 0. The minimum Gasteiger partial charge on any atom is -0.208 e. The molecule has 9 heavy (non-hydrogen) atoms. The Labute approximate surface area is 55.4 Å². The first-order chi connectivity index (χ1) is 4.16. The first-order valence-electron chi connectivity index (χ1n) is 2.82. The highest BCUT2D eigenvalue weighted by Crippen LogP contribution is 1.98. The number of hydrogen-bond acceptors (Lipinski definition) is 0. The molecule has 0 nitrogen and oxygen atoms in total. The molecule has 0 fully saturated rings. The lowest BCUT2D eigenvalue weighted by Crippen LogP contribution is -1.64. The highest BCUT2D eigenvalue weighted by atomic mass is 19.1. The summed E-state index contributed by atoms with van der Waals surface area (Å²) >= 11 is 0. The maximum absolute atomic E-state index is 11.9. The van der Waals surface area contributed by atoms with Crippen LogP contribution in [0.3, 0.4) is 0 Å². The fraction of sp³-hybridized carbons (Fsp3) is 0.250. The topological polar surface area (TPSA) is 0 Å². The summed E-state index contributed by atoms with van der Waals surface area (Å²) in [5.41, 5.74) is 1.04. The van der Waals surface area contributed by atoms with Crippen molar-refractivity contribution in [3.05, 3.63) is 36.2 Å². The number of rotatable bonds is 2. The van der Waals surface area contributed by atoms with E-state index in [1.54, 1.807) is 6.08 Å². The molecule has 0 atom stereocenters. The van der Waals surface area contributed by atoms with Crippen LogP contribution >= 0.6 is 0 Å². The summed E-state index contributed by atoms with van der Waals surface area (Å²) in [6, 6.07) is 0. The molecule has 0 saturated carbocycles. The second-order valence-corrected chi connectivity index (χ2v) is 1.81. The molecule has 0 heterocycles. The summed E-state index contributed by atoms with van der Waals surface area (Å²) < 4.78 is 11.9. The Bertz CT molecular complexity index is 152. The molecule has 0 amide bonds. The molecule has 0 rings (SSSR count). The molecule has 0 aliphatic carbocycles. The SMILES string of the molecule is C=C(F)/C=C\C(C)=C/C. The predicted octanol–water partition coefficient (Wildman–Crippen LogP) is 2.99. The Balaban J connectivity index is 3.86. The molecule has 0 radical (unpaired) electrons. The maximum Gasteiger partial charge on any atom is 0.116 e. The zero-order chi connectivity index (χ0) is 7.28. The predicted molar refractivity (Wildman–Crippen MR) is 38.8 cm³/mol. The normalized spacial score (nSPS) is 12.6. The molecule has 0 aromatic rings. The van der Waals surface area contributed by atoms with E-state index in [1.807, 2.05) is 19.9 Å². The Kier molecular flexibility index (Phi) is 3.69. The van der Waals surface area contributed by atoms with Gasteiger partial charge in [0.15, 0.2) is 0 Å². The van der Waals surface area contributed by atoms with Crippen LogP contribution in [-0.4, -0.2) is 0 Å². The van der Waals surface area contributed by atoms with E-state index in [1.165, 1.54) is 6.08 Å². The second-order valence-electron chi connectivity index (χ2n) is 1.81. The van der Waals surface area contributed by atoms with Crippen LogP contribution in [0.25, 0.3) is 0 Å². The van der Waals surface area contributed by atoms with E-state index in [0.717, 1.165) is 5.57 Å². The van der Waals surface area contributed by atoms with Gasteiger partial charge in [-0.15, -0.1) is 0 Å². The van der Waals surface area contributed by atoms with E-state index in [2.05, 4.69) is 6.58 Å². The van der Waals surface area contributed by atoms with Gasteiger partial charge in [0.25, 0.3) is 0 Å². The largest absolute Gasteiger partial charge is 0.208 e. The van der Waals surface area contributed by atoms with Crippen LogP contribution in [0.4, 0.5) is 4.39 Å². The zero-order valence-electron chi connectivity index (χ0n) is 5.82. The molecule has 0 spiro atoms. The Morgan fingerprint density at radius 2 is 2.00 bits per heavy atom. The summed E-state index contributed by atoms with van der Waals surface area (Å²) in [7, 11) is 0. The van der Waals surface area contributed by atoms with Crippen molar-refractivity contribution in [1.29, 1.82) is 0 Å². The highest BCUT2D eigenvalue weighted by molar-refractivity contribution is 5.20. The minimum absolute atomic E-state index is 0.406. The van der Waals surface area contributed by atoms with Gasteiger partial charge < -0.3 is 0 Å².